The zero-order valence-corrected chi connectivity index (χ0v) is 13.9. The Morgan fingerprint density at radius 1 is 1.21 bits per heavy atom. The highest BCUT2D eigenvalue weighted by Crippen LogP contribution is 2.36. The van der Waals surface area contributed by atoms with Gasteiger partial charge in [-0.1, -0.05) is 39.0 Å². The van der Waals surface area contributed by atoms with Crippen LogP contribution >= 0.6 is 0 Å². The quantitative estimate of drug-likeness (QED) is 0.615. The van der Waals surface area contributed by atoms with E-state index in [2.05, 4.69) is 33.9 Å². The van der Waals surface area contributed by atoms with Crippen LogP contribution in [0.3, 0.4) is 0 Å². The number of hydrogen-bond acceptors (Lipinski definition) is 2. The lowest BCUT2D eigenvalue weighted by atomic mass is 10.2. The van der Waals surface area contributed by atoms with E-state index in [0.29, 0.717) is 6.73 Å². The molecule has 1 aromatic rings. The lowest BCUT2D eigenvalue weighted by Gasteiger charge is -2.37. The molecule has 1 aromatic carbocycles. The molecule has 3 nitrogen and oxygen atoms in total. The number of rotatable bonds is 4. The number of anilines is 1. The van der Waals surface area contributed by atoms with E-state index in [1.165, 1.54) is 0 Å². The Hall–Kier alpha value is -1.13. The van der Waals surface area contributed by atoms with Gasteiger partial charge in [0.05, 0.1) is 0 Å². The summed E-state index contributed by atoms with van der Waals surface area (Å²) in [6.45, 7) is 12.9. The molecule has 4 heteroatoms. The highest BCUT2D eigenvalue weighted by atomic mass is 28.4. The Morgan fingerprint density at radius 3 is 2.16 bits per heavy atom. The molecule has 19 heavy (non-hydrogen) atoms. The lowest BCUT2D eigenvalue weighted by Crippen LogP contribution is -2.45. The van der Waals surface area contributed by atoms with Crippen LogP contribution in [-0.2, 0) is 9.22 Å². The van der Waals surface area contributed by atoms with Crippen molar-refractivity contribution in [3.05, 3.63) is 30.3 Å². The molecular weight excluding hydrogens is 254 g/mol. The van der Waals surface area contributed by atoms with Gasteiger partial charge in [0.2, 0.25) is 5.91 Å². The first kappa shape index (κ1) is 15.9. The number of carbonyl (C=O) groups excluding carboxylic acids is 1. The van der Waals surface area contributed by atoms with Gasteiger partial charge in [0.25, 0.3) is 0 Å². The molecule has 0 N–H and O–H groups in total. The fourth-order valence-electron chi connectivity index (χ4n) is 1.40. The second kappa shape index (κ2) is 5.88. The van der Waals surface area contributed by atoms with Crippen molar-refractivity contribution >= 4 is 19.9 Å². The summed E-state index contributed by atoms with van der Waals surface area (Å²) in [4.78, 5) is 13.5. The maximum atomic E-state index is 11.8. The van der Waals surface area contributed by atoms with Crippen LogP contribution in [0.2, 0.25) is 18.1 Å². The molecule has 0 aliphatic heterocycles. The lowest BCUT2D eigenvalue weighted by molar-refractivity contribution is -0.117. The summed E-state index contributed by atoms with van der Waals surface area (Å²) in [5.41, 5.74) is 0.883. The van der Waals surface area contributed by atoms with Gasteiger partial charge in [0, 0.05) is 12.6 Å². The summed E-state index contributed by atoms with van der Waals surface area (Å²) in [5, 5.41) is 0.145. The predicted octanol–water partition coefficient (Wildman–Crippen LogP) is 4.02. The maximum Gasteiger partial charge on any atom is 0.225 e. The minimum absolute atomic E-state index is 0.00455. The highest BCUT2D eigenvalue weighted by Gasteiger charge is 2.37. The number of benzene rings is 1. The molecular formula is C15H25NO2Si. The van der Waals surface area contributed by atoms with Crippen molar-refractivity contribution in [3.8, 4) is 0 Å². The first-order valence-corrected chi connectivity index (χ1v) is 9.53. The Labute approximate surface area is 117 Å². The number of amides is 1. The Bertz CT molecular complexity index is 424. The summed E-state index contributed by atoms with van der Waals surface area (Å²) in [7, 11) is -1.84. The number of nitrogens with zero attached hydrogens (tertiary/aromatic N) is 1. The van der Waals surface area contributed by atoms with Crippen molar-refractivity contribution in [2.75, 3.05) is 11.6 Å². The molecule has 0 saturated heterocycles. The maximum absolute atomic E-state index is 11.8. The molecule has 0 radical (unpaired) electrons. The number of para-hydroxylation sites is 1. The summed E-state index contributed by atoms with van der Waals surface area (Å²) < 4.78 is 6.12. The largest absolute Gasteiger partial charge is 0.399 e. The third-order valence-electron chi connectivity index (χ3n) is 3.81. The van der Waals surface area contributed by atoms with Gasteiger partial charge in [-0.05, 0) is 30.3 Å². The molecule has 1 rings (SSSR count). The van der Waals surface area contributed by atoms with E-state index in [4.69, 9.17) is 4.43 Å². The topological polar surface area (TPSA) is 29.5 Å². The van der Waals surface area contributed by atoms with Gasteiger partial charge in [-0.15, -0.1) is 0 Å². The van der Waals surface area contributed by atoms with E-state index >= 15 is 0 Å². The zero-order valence-electron chi connectivity index (χ0n) is 12.9. The van der Waals surface area contributed by atoms with Crippen LogP contribution < -0.4 is 4.90 Å². The SMILES string of the molecule is CC(=O)N(CO[Si](C)(C)C(C)(C)C)c1ccccc1. The van der Waals surface area contributed by atoms with E-state index < -0.39 is 8.32 Å². The Balaban J connectivity index is 2.80. The van der Waals surface area contributed by atoms with Crippen LogP contribution in [0.4, 0.5) is 5.69 Å². The fraction of sp³-hybridized carbons (Fsp3) is 0.533. The average molecular weight is 279 g/mol. The van der Waals surface area contributed by atoms with Gasteiger partial charge in [-0.2, -0.15) is 0 Å². The third kappa shape index (κ3) is 4.18. The molecule has 1 amide bonds. The van der Waals surface area contributed by atoms with Crippen molar-refractivity contribution in [1.29, 1.82) is 0 Å². The number of hydrogen-bond donors (Lipinski definition) is 0. The molecule has 0 unspecified atom stereocenters. The first-order chi connectivity index (χ1) is 8.65. The van der Waals surface area contributed by atoms with Gasteiger partial charge >= 0.3 is 0 Å². The molecule has 0 fully saturated rings. The van der Waals surface area contributed by atoms with Crippen molar-refractivity contribution in [2.24, 2.45) is 0 Å². The molecule has 0 atom stereocenters. The van der Waals surface area contributed by atoms with Gasteiger partial charge in [0.1, 0.15) is 6.73 Å². The van der Waals surface area contributed by atoms with Crippen LogP contribution in [0.1, 0.15) is 27.7 Å². The van der Waals surface area contributed by atoms with Crippen LogP contribution in [0, 0.1) is 0 Å². The van der Waals surface area contributed by atoms with E-state index in [1.807, 2.05) is 30.3 Å². The second-order valence-electron chi connectivity index (χ2n) is 6.32. The van der Waals surface area contributed by atoms with Gasteiger partial charge < -0.3 is 4.43 Å². The van der Waals surface area contributed by atoms with Crippen molar-refractivity contribution in [1.82, 2.24) is 0 Å². The number of carbonyl (C=O) groups is 1. The minimum atomic E-state index is -1.84. The third-order valence-corrected chi connectivity index (χ3v) is 8.27. The fourth-order valence-corrected chi connectivity index (χ4v) is 2.28. The van der Waals surface area contributed by atoms with E-state index in [9.17, 15) is 4.79 Å². The summed E-state index contributed by atoms with van der Waals surface area (Å²) in [5.74, 6) is 0.00455. The van der Waals surface area contributed by atoms with Crippen LogP contribution in [0.15, 0.2) is 30.3 Å². The minimum Gasteiger partial charge on any atom is -0.399 e. The van der Waals surface area contributed by atoms with Gasteiger partial charge in [-0.25, -0.2) is 0 Å². The van der Waals surface area contributed by atoms with E-state index in [-0.39, 0.29) is 10.9 Å². The highest BCUT2D eigenvalue weighted by molar-refractivity contribution is 6.74. The first-order valence-electron chi connectivity index (χ1n) is 6.62. The smallest absolute Gasteiger partial charge is 0.225 e. The molecule has 106 valence electrons. The van der Waals surface area contributed by atoms with Crippen LogP contribution in [0.25, 0.3) is 0 Å². The van der Waals surface area contributed by atoms with Crippen LogP contribution in [0.5, 0.6) is 0 Å². The van der Waals surface area contributed by atoms with E-state index in [1.54, 1.807) is 11.8 Å². The summed E-state index contributed by atoms with van der Waals surface area (Å²) >= 11 is 0. The van der Waals surface area contributed by atoms with Crippen molar-refractivity contribution in [2.45, 2.75) is 45.8 Å². The normalized spacial score (nSPS) is 12.3. The molecule has 0 aliphatic carbocycles. The molecule has 0 heterocycles. The Morgan fingerprint density at radius 2 is 1.74 bits per heavy atom. The predicted molar refractivity (Wildman–Crippen MR) is 82.8 cm³/mol. The average Bonchev–Trinajstić information content (AvgIpc) is 2.28. The summed E-state index contributed by atoms with van der Waals surface area (Å²) in [6, 6.07) is 9.65. The molecule has 0 aromatic heterocycles. The van der Waals surface area contributed by atoms with Gasteiger partial charge in [0.15, 0.2) is 8.32 Å². The molecule has 0 saturated carbocycles. The molecule has 0 spiro atoms. The molecule has 0 bridgehead atoms. The monoisotopic (exact) mass is 279 g/mol. The van der Waals surface area contributed by atoms with E-state index in [0.717, 1.165) is 5.69 Å². The standard InChI is InChI=1S/C15H25NO2Si/c1-13(17)16(14-10-8-7-9-11-14)12-18-19(5,6)15(2,3)4/h7-11H,12H2,1-6H3. The van der Waals surface area contributed by atoms with Crippen molar-refractivity contribution < 1.29 is 9.22 Å². The van der Waals surface area contributed by atoms with Crippen LogP contribution in [-0.4, -0.2) is 21.0 Å². The molecule has 0 aliphatic rings. The second-order valence-corrected chi connectivity index (χ2v) is 11.1. The zero-order chi connectivity index (χ0) is 14.7. The summed E-state index contributed by atoms with van der Waals surface area (Å²) in [6.07, 6.45) is 0. The Kier molecular flexibility index (Phi) is 4.93. The van der Waals surface area contributed by atoms with Gasteiger partial charge in [-0.3, -0.25) is 9.69 Å². The van der Waals surface area contributed by atoms with Crippen molar-refractivity contribution in [3.63, 3.8) is 0 Å².